The van der Waals surface area contributed by atoms with Gasteiger partial charge in [-0.3, -0.25) is 4.79 Å². The molecule has 180 valence electrons. The minimum Gasteiger partial charge on any atom is -0.352 e. The average Bonchev–Trinajstić information content (AvgIpc) is 3.38. The van der Waals surface area contributed by atoms with Crippen LogP contribution in [0.1, 0.15) is 22.3 Å². The zero-order valence-corrected chi connectivity index (χ0v) is 16.9. The van der Waals surface area contributed by atoms with Crippen LogP contribution < -0.4 is 5.32 Å². The maximum Gasteiger partial charge on any atom is 0.419 e. The second-order valence-corrected chi connectivity index (χ2v) is 7.30. The Morgan fingerprint density at radius 1 is 1.12 bits per heavy atom. The highest BCUT2D eigenvalue weighted by molar-refractivity contribution is 5.98. The fourth-order valence-electron chi connectivity index (χ4n) is 3.49. The van der Waals surface area contributed by atoms with Gasteiger partial charge in [0.2, 0.25) is 5.95 Å². The Balaban J connectivity index is 1.60. The molecule has 3 heterocycles. The SMILES string of the molecule is O=C(c1cc(F)cc(F)c1-n1nccn1)N1CCC(F)(F)C1CNc1ncc(C(F)(F)F)cn1. The van der Waals surface area contributed by atoms with Gasteiger partial charge in [0.05, 0.1) is 23.5 Å². The van der Waals surface area contributed by atoms with Crippen molar-refractivity contribution < 1.29 is 35.5 Å². The van der Waals surface area contributed by atoms with Gasteiger partial charge < -0.3 is 10.2 Å². The molecule has 1 aliphatic heterocycles. The van der Waals surface area contributed by atoms with Gasteiger partial charge in [-0.25, -0.2) is 27.5 Å². The fraction of sp³-hybridized carbons (Fsp3) is 0.316. The van der Waals surface area contributed by atoms with Crippen LogP contribution >= 0.6 is 0 Å². The summed E-state index contributed by atoms with van der Waals surface area (Å²) in [5.74, 6) is -7.19. The molecule has 3 aromatic rings. The van der Waals surface area contributed by atoms with E-state index in [-0.39, 0.29) is 5.95 Å². The molecule has 0 saturated carbocycles. The smallest absolute Gasteiger partial charge is 0.352 e. The van der Waals surface area contributed by atoms with Gasteiger partial charge in [-0.2, -0.15) is 23.4 Å². The van der Waals surface area contributed by atoms with Crippen LogP contribution in [0.3, 0.4) is 0 Å². The molecule has 1 saturated heterocycles. The summed E-state index contributed by atoms with van der Waals surface area (Å²) in [6.45, 7) is -1.09. The van der Waals surface area contributed by atoms with Crippen molar-refractivity contribution in [3.05, 3.63) is 59.7 Å². The van der Waals surface area contributed by atoms with Crippen molar-refractivity contribution in [1.29, 1.82) is 0 Å². The number of halogens is 7. The van der Waals surface area contributed by atoms with E-state index in [9.17, 15) is 35.5 Å². The first-order valence-electron chi connectivity index (χ1n) is 9.65. The third-order valence-electron chi connectivity index (χ3n) is 5.12. The lowest BCUT2D eigenvalue weighted by Gasteiger charge is -2.28. The van der Waals surface area contributed by atoms with Gasteiger partial charge in [-0.05, 0) is 6.07 Å². The molecule has 1 atom stereocenters. The first kappa shape index (κ1) is 23.4. The summed E-state index contributed by atoms with van der Waals surface area (Å²) >= 11 is 0. The molecular formula is C19H14F7N7O. The summed E-state index contributed by atoms with van der Waals surface area (Å²) < 4.78 is 95.5. The van der Waals surface area contributed by atoms with E-state index in [0.717, 1.165) is 9.70 Å². The molecule has 0 aliphatic carbocycles. The van der Waals surface area contributed by atoms with Crippen LogP contribution in [-0.2, 0) is 6.18 Å². The van der Waals surface area contributed by atoms with Crippen molar-refractivity contribution in [1.82, 2.24) is 29.9 Å². The number of anilines is 1. The molecule has 8 nitrogen and oxygen atoms in total. The summed E-state index contributed by atoms with van der Waals surface area (Å²) in [5, 5.41) is 9.80. The van der Waals surface area contributed by atoms with Gasteiger partial charge in [0.15, 0.2) is 5.82 Å². The second kappa shape index (κ2) is 8.53. The van der Waals surface area contributed by atoms with Crippen molar-refractivity contribution in [2.45, 2.75) is 24.6 Å². The molecule has 15 heteroatoms. The van der Waals surface area contributed by atoms with E-state index in [0.29, 0.717) is 24.5 Å². The maximum atomic E-state index is 14.6. The van der Waals surface area contributed by atoms with Crippen molar-refractivity contribution >= 4 is 11.9 Å². The van der Waals surface area contributed by atoms with Crippen molar-refractivity contribution in [2.24, 2.45) is 0 Å². The highest BCUT2D eigenvalue weighted by Gasteiger charge is 2.51. The lowest BCUT2D eigenvalue weighted by atomic mass is 10.1. The Morgan fingerprint density at radius 3 is 2.38 bits per heavy atom. The molecule has 0 spiro atoms. The Labute approximate surface area is 186 Å². The molecule has 1 unspecified atom stereocenters. The van der Waals surface area contributed by atoms with E-state index in [1.54, 1.807) is 0 Å². The number of nitrogens with one attached hydrogen (secondary N) is 1. The third kappa shape index (κ3) is 4.49. The van der Waals surface area contributed by atoms with Gasteiger partial charge in [0.1, 0.15) is 17.5 Å². The number of alkyl halides is 5. The summed E-state index contributed by atoms with van der Waals surface area (Å²) in [6.07, 6.45) is -2.11. The normalized spacial score (nSPS) is 17.7. The number of amides is 1. The molecule has 34 heavy (non-hydrogen) atoms. The van der Waals surface area contributed by atoms with Gasteiger partial charge in [-0.1, -0.05) is 0 Å². The van der Waals surface area contributed by atoms with E-state index in [4.69, 9.17) is 0 Å². The lowest BCUT2D eigenvalue weighted by Crippen LogP contribution is -2.47. The third-order valence-corrected chi connectivity index (χ3v) is 5.12. The Morgan fingerprint density at radius 2 is 1.76 bits per heavy atom. The van der Waals surface area contributed by atoms with Crippen LogP contribution in [0.25, 0.3) is 5.69 Å². The lowest BCUT2D eigenvalue weighted by molar-refractivity contribution is -0.138. The van der Waals surface area contributed by atoms with Crippen molar-refractivity contribution in [3.63, 3.8) is 0 Å². The standard InChI is InChI=1S/C19H14F7N7O/c20-11-5-12(15(13(21)6-11)33-30-2-3-31-33)16(34)32-4-1-18(22,23)14(32)9-29-17-27-7-10(8-28-17)19(24,25)26/h2-3,5-8,14H,1,4,9H2,(H,27,28,29). The van der Waals surface area contributed by atoms with E-state index < -0.39 is 72.0 Å². The molecular weight excluding hydrogens is 475 g/mol. The van der Waals surface area contributed by atoms with E-state index in [1.165, 1.54) is 12.4 Å². The molecule has 0 radical (unpaired) electrons. The zero-order chi connectivity index (χ0) is 24.7. The van der Waals surface area contributed by atoms with Gasteiger partial charge in [0.25, 0.3) is 11.8 Å². The minimum absolute atomic E-state index is 0.374. The number of hydrogen-bond acceptors (Lipinski definition) is 6. The number of nitrogens with zero attached hydrogens (tertiary/aromatic N) is 6. The molecule has 0 bridgehead atoms. The van der Waals surface area contributed by atoms with Crippen LogP contribution in [0.4, 0.5) is 36.7 Å². The molecule has 1 aliphatic rings. The highest BCUT2D eigenvalue weighted by atomic mass is 19.4. The molecule has 4 rings (SSSR count). The summed E-state index contributed by atoms with van der Waals surface area (Å²) in [7, 11) is 0. The van der Waals surface area contributed by atoms with Gasteiger partial charge >= 0.3 is 6.18 Å². The number of likely N-dealkylation sites (tertiary alicyclic amines) is 1. The quantitative estimate of drug-likeness (QED) is 0.554. The van der Waals surface area contributed by atoms with Crippen LogP contribution in [0, 0.1) is 11.6 Å². The van der Waals surface area contributed by atoms with E-state index >= 15 is 0 Å². The molecule has 1 fully saturated rings. The molecule has 1 N–H and O–H groups in total. The minimum atomic E-state index is -4.68. The monoisotopic (exact) mass is 489 g/mol. The van der Waals surface area contributed by atoms with Gasteiger partial charge in [-0.15, -0.1) is 4.80 Å². The van der Waals surface area contributed by atoms with Crippen LogP contribution in [0.2, 0.25) is 0 Å². The van der Waals surface area contributed by atoms with Crippen molar-refractivity contribution in [3.8, 4) is 5.69 Å². The second-order valence-electron chi connectivity index (χ2n) is 7.30. The van der Waals surface area contributed by atoms with Crippen LogP contribution in [-0.4, -0.2) is 60.8 Å². The first-order chi connectivity index (χ1) is 16.0. The first-order valence-corrected chi connectivity index (χ1v) is 9.65. The zero-order valence-electron chi connectivity index (χ0n) is 16.9. The highest BCUT2D eigenvalue weighted by Crippen LogP contribution is 2.36. The van der Waals surface area contributed by atoms with E-state index in [2.05, 4.69) is 25.5 Å². The van der Waals surface area contributed by atoms with Crippen LogP contribution in [0.5, 0.6) is 0 Å². The Hall–Kier alpha value is -3.78. The molecule has 1 amide bonds. The number of carbonyl (C=O) groups is 1. The van der Waals surface area contributed by atoms with Crippen molar-refractivity contribution in [2.75, 3.05) is 18.4 Å². The number of rotatable bonds is 5. The predicted molar refractivity (Wildman–Crippen MR) is 101 cm³/mol. The molecule has 1 aromatic carbocycles. The molecule has 2 aromatic heterocycles. The topological polar surface area (TPSA) is 88.8 Å². The number of benzene rings is 1. The maximum absolute atomic E-state index is 14.6. The summed E-state index contributed by atoms with van der Waals surface area (Å²) in [4.78, 5) is 21.5. The average molecular weight is 489 g/mol. The summed E-state index contributed by atoms with van der Waals surface area (Å²) in [5.41, 5.74) is -2.24. The van der Waals surface area contributed by atoms with E-state index in [1.807, 2.05) is 0 Å². The number of hydrogen-bond donors (Lipinski definition) is 1. The Bertz CT molecular complexity index is 1180. The number of aromatic nitrogens is 5. The van der Waals surface area contributed by atoms with Gasteiger partial charge in [0, 0.05) is 38.0 Å². The van der Waals surface area contributed by atoms with Crippen LogP contribution in [0.15, 0.2) is 36.9 Å². The number of carbonyl (C=O) groups excluding carboxylic acids is 1. The Kier molecular flexibility index (Phi) is 5.87. The fourth-order valence-corrected chi connectivity index (χ4v) is 3.49. The predicted octanol–water partition coefficient (Wildman–Crippen LogP) is 3.32. The summed E-state index contributed by atoms with van der Waals surface area (Å²) in [6, 6.07) is -0.630. The largest absolute Gasteiger partial charge is 0.419 e.